The number of rotatable bonds is 3. The predicted molar refractivity (Wildman–Crippen MR) is 74.6 cm³/mol. The predicted octanol–water partition coefficient (Wildman–Crippen LogP) is 2.22. The van der Waals surface area contributed by atoms with Gasteiger partial charge in [0.15, 0.2) is 0 Å². The van der Waals surface area contributed by atoms with Gasteiger partial charge in [-0.25, -0.2) is 0 Å². The smallest absolute Gasteiger partial charge is 0.249 e. The van der Waals surface area contributed by atoms with Gasteiger partial charge in [0.2, 0.25) is 11.8 Å². The van der Waals surface area contributed by atoms with Crippen molar-refractivity contribution in [2.45, 2.75) is 83.3 Å². The van der Waals surface area contributed by atoms with E-state index in [4.69, 9.17) is 0 Å². The molecular formula is C15H26N2O2. The van der Waals surface area contributed by atoms with Gasteiger partial charge in [-0.2, -0.15) is 0 Å². The van der Waals surface area contributed by atoms with Crippen LogP contribution in [0.2, 0.25) is 0 Å². The van der Waals surface area contributed by atoms with E-state index in [2.05, 4.69) is 26.1 Å². The van der Waals surface area contributed by atoms with E-state index in [-0.39, 0.29) is 23.4 Å². The van der Waals surface area contributed by atoms with E-state index in [0.717, 1.165) is 32.1 Å². The lowest BCUT2D eigenvalue weighted by molar-refractivity contribution is -0.162. The highest BCUT2D eigenvalue weighted by Crippen LogP contribution is 2.38. The summed E-state index contributed by atoms with van der Waals surface area (Å²) in [5.41, 5.74) is -0.861. The molecule has 1 aliphatic carbocycles. The number of carbonyl (C=O) groups excluding carboxylic acids is 2. The molecule has 1 heterocycles. The molecule has 2 amide bonds. The van der Waals surface area contributed by atoms with Gasteiger partial charge in [0, 0.05) is 5.54 Å². The Morgan fingerprint density at radius 3 is 2.32 bits per heavy atom. The summed E-state index contributed by atoms with van der Waals surface area (Å²) in [7, 11) is 0. The van der Waals surface area contributed by atoms with Crippen LogP contribution < -0.4 is 5.32 Å². The second kappa shape index (κ2) is 4.80. The van der Waals surface area contributed by atoms with Gasteiger partial charge in [-0.3, -0.25) is 9.59 Å². The summed E-state index contributed by atoms with van der Waals surface area (Å²) in [5.74, 6) is 0.175. The minimum Gasteiger partial charge on any atom is -0.340 e. The first-order valence-electron chi connectivity index (χ1n) is 7.54. The Balaban J connectivity index is 2.40. The van der Waals surface area contributed by atoms with E-state index in [1.54, 1.807) is 0 Å². The maximum atomic E-state index is 13.0. The van der Waals surface area contributed by atoms with Crippen molar-refractivity contribution in [1.82, 2.24) is 10.2 Å². The van der Waals surface area contributed by atoms with Crippen LogP contribution in [0.3, 0.4) is 0 Å². The number of amides is 2. The average molecular weight is 266 g/mol. The van der Waals surface area contributed by atoms with Gasteiger partial charge in [-0.05, 0) is 39.5 Å². The highest BCUT2D eigenvalue weighted by Gasteiger charge is 2.54. The van der Waals surface area contributed by atoms with Crippen LogP contribution in [0.4, 0.5) is 0 Å². The van der Waals surface area contributed by atoms with E-state index in [9.17, 15) is 9.59 Å². The summed E-state index contributed by atoms with van der Waals surface area (Å²) in [6.07, 6.45) is 5.19. The molecule has 4 heteroatoms. The first-order valence-corrected chi connectivity index (χ1v) is 7.54. The molecule has 1 aliphatic heterocycles. The van der Waals surface area contributed by atoms with E-state index in [1.807, 2.05) is 11.8 Å². The molecule has 19 heavy (non-hydrogen) atoms. The van der Waals surface area contributed by atoms with Crippen LogP contribution in [0.15, 0.2) is 0 Å². The number of nitrogens with one attached hydrogen (secondary N) is 1. The van der Waals surface area contributed by atoms with Crippen molar-refractivity contribution in [2.75, 3.05) is 0 Å². The first-order chi connectivity index (χ1) is 8.88. The van der Waals surface area contributed by atoms with E-state index in [1.165, 1.54) is 0 Å². The largest absolute Gasteiger partial charge is 0.340 e. The van der Waals surface area contributed by atoms with E-state index in [0.29, 0.717) is 6.42 Å². The van der Waals surface area contributed by atoms with Crippen LogP contribution in [0.25, 0.3) is 0 Å². The zero-order valence-electron chi connectivity index (χ0n) is 12.6. The summed E-state index contributed by atoms with van der Waals surface area (Å²) < 4.78 is 0. The maximum Gasteiger partial charge on any atom is 0.249 e. The zero-order chi connectivity index (χ0) is 14.3. The molecule has 1 unspecified atom stereocenters. The van der Waals surface area contributed by atoms with Crippen LogP contribution in [0, 0.1) is 0 Å². The lowest BCUT2D eigenvalue weighted by Gasteiger charge is -2.51. The molecule has 1 saturated heterocycles. The summed E-state index contributed by atoms with van der Waals surface area (Å²) in [6, 6.07) is -0.311. The number of hydrogen-bond donors (Lipinski definition) is 1. The highest BCUT2D eigenvalue weighted by molar-refractivity contribution is 6.00. The topological polar surface area (TPSA) is 49.4 Å². The summed E-state index contributed by atoms with van der Waals surface area (Å²) in [5, 5.41) is 3.04. The third-order valence-corrected chi connectivity index (χ3v) is 4.97. The number of nitrogens with zero attached hydrogens (tertiary/aromatic N) is 1. The standard InChI is InChI=1S/C15H26N2O2/c1-5-11-12(18)16-15(9-7-8-10-15)13(19)17(11)14(3,4)6-2/h11H,5-10H2,1-4H3,(H,16,18). The second-order valence-electron chi connectivity index (χ2n) is 6.54. The van der Waals surface area contributed by atoms with Gasteiger partial charge in [0.1, 0.15) is 11.6 Å². The van der Waals surface area contributed by atoms with Crippen molar-refractivity contribution >= 4 is 11.8 Å². The molecule has 1 saturated carbocycles. The molecule has 0 aromatic carbocycles. The molecule has 4 nitrogen and oxygen atoms in total. The Bertz CT molecular complexity index is 384. The van der Waals surface area contributed by atoms with Gasteiger partial charge in [0.05, 0.1) is 0 Å². The van der Waals surface area contributed by atoms with Gasteiger partial charge in [0.25, 0.3) is 0 Å². The van der Waals surface area contributed by atoms with Crippen molar-refractivity contribution in [2.24, 2.45) is 0 Å². The monoisotopic (exact) mass is 266 g/mol. The molecule has 2 rings (SSSR count). The van der Waals surface area contributed by atoms with Crippen LogP contribution in [0.5, 0.6) is 0 Å². The molecule has 2 aliphatic rings. The van der Waals surface area contributed by atoms with Gasteiger partial charge >= 0.3 is 0 Å². The Morgan fingerprint density at radius 2 is 1.84 bits per heavy atom. The minimum atomic E-state index is -0.602. The van der Waals surface area contributed by atoms with Crippen molar-refractivity contribution < 1.29 is 9.59 Å². The SMILES string of the molecule is CCC1C(=O)NC2(CCCC2)C(=O)N1C(C)(C)CC. The third kappa shape index (κ3) is 2.15. The quantitative estimate of drug-likeness (QED) is 0.851. The zero-order valence-corrected chi connectivity index (χ0v) is 12.6. The summed E-state index contributed by atoms with van der Waals surface area (Å²) in [6.45, 7) is 8.18. The number of hydrogen-bond acceptors (Lipinski definition) is 2. The number of carbonyl (C=O) groups is 2. The van der Waals surface area contributed by atoms with Crippen LogP contribution >= 0.6 is 0 Å². The summed E-state index contributed by atoms with van der Waals surface area (Å²) >= 11 is 0. The fourth-order valence-electron chi connectivity index (χ4n) is 3.41. The lowest BCUT2D eigenvalue weighted by Crippen LogP contribution is -2.73. The molecule has 0 bridgehead atoms. The van der Waals surface area contributed by atoms with Crippen molar-refractivity contribution in [3.05, 3.63) is 0 Å². The van der Waals surface area contributed by atoms with Crippen LogP contribution in [0.1, 0.15) is 66.2 Å². The molecule has 2 fully saturated rings. The molecule has 0 aromatic rings. The fraction of sp³-hybridized carbons (Fsp3) is 0.867. The second-order valence-corrected chi connectivity index (χ2v) is 6.54. The summed E-state index contributed by atoms with van der Waals surface area (Å²) in [4.78, 5) is 27.3. The molecule has 108 valence electrons. The minimum absolute atomic E-state index is 0.0329. The molecule has 0 aromatic heterocycles. The average Bonchev–Trinajstić information content (AvgIpc) is 2.82. The van der Waals surface area contributed by atoms with Gasteiger partial charge in [-0.15, -0.1) is 0 Å². The third-order valence-electron chi connectivity index (χ3n) is 4.97. The van der Waals surface area contributed by atoms with Crippen LogP contribution in [-0.2, 0) is 9.59 Å². The lowest BCUT2D eigenvalue weighted by atomic mass is 9.85. The van der Waals surface area contributed by atoms with Gasteiger partial charge in [-0.1, -0.05) is 26.7 Å². The molecule has 0 radical (unpaired) electrons. The Kier molecular flexibility index (Phi) is 3.63. The maximum absolute atomic E-state index is 13.0. The highest BCUT2D eigenvalue weighted by atomic mass is 16.2. The number of piperazine rings is 1. The van der Waals surface area contributed by atoms with Crippen LogP contribution in [-0.4, -0.2) is 33.8 Å². The Labute approximate surface area is 115 Å². The van der Waals surface area contributed by atoms with Crippen molar-refractivity contribution in [1.29, 1.82) is 0 Å². The fourth-order valence-corrected chi connectivity index (χ4v) is 3.41. The normalized spacial score (nSPS) is 26.9. The van der Waals surface area contributed by atoms with E-state index < -0.39 is 5.54 Å². The Hall–Kier alpha value is -1.06. The van der Waals surface area contributed by atoms with Crippen molar-refractivity contribution in [3.8, 4) is 0 Å². The molecule has 1 atom stereocenters. The molecule has 1 N–H and O–H groups in total. The van der Waals surface area contributed by atoms with Crippen molar-refractivity contribution in [3.63, 3.8) is 0 Å². The molecular weight excluding hydrogens is 240 g/mol. The molecule has 1 spiro atoms. The van der Waals surface area contributed by atoms with E-state index >= 15 is 0 Å². The first kappa shape index (κ1) is 14.4. The van der Waals surface area contributed by atoms with Gasteiger partial charge < -0.3 is 10.2 Å². The Morgan fingerprint density at radius 1 is 1.26 bits per heavy atom.